The maximum atomic E-state index is 12.2. The van der Waals surface area contributed by atoms with E-state index in [0.717, 1.165) is 5.57 Å². The Labute approximate surface area is 131 Å². The van der Waals surface area contributed by atoms with Gasteiger partial charge < -0.3 is 14.2 Å². The first-order valence-electron chi connectivity index (χ1n) is 7.60. The molecule has 2 aliphatic heterocycles. The SMILES string of the molecule is C/C=C(/C)[C@H]1COC(=O)[C@@]1(C)CCC1=CC(=O)OC(C)(C)O1. The highest BCUT2D eigenvalue weighted by atomic mass is 16.7. The topological polar surface area (TPSA) is 61.8 Å². The molecule has 2 aliphatic rings. The molecule has 0 N–H and O–H groups in total. The minimum Gasteiger partial charge on any atom is -0.465 e. The van der Waals surface area contributed by atoms with Gasteiger partial charge in [0.15, 0.2) is 0 Å². The molecule has 0 aromatic rings. The Balaban J connectivity index is 2.12. The summed E-state index contributed by atoms with van der Waals surface area (Å²) >= 11 is 0. The average molecular weight is 308 g/mol. The lowest BCUT2D eigenvalue weighted by Gasteiger charge is -2.32. The fraction of sp³-hybridized carbons (Fsp3) is 0.647. The molecule has 0 radical (unpaired) electrons. The fourth-order valence-corrected chi connectivity index (χ4v) is 3.04. The molecule has 5 nitrogen and oxygen atoms in total. The van der Waals surface area contributed by atoms with E-state index in [1.165, 1.54) is 6.08 Å². The summed E-state index contributed by atoms with van der Waals surface area (Å²) in [6.45, 7) is 9.70. The van der Waals surface area contributed by atoms with Gasteiger partial charge in [0.25, 0.3) is 0 Å². The predicted octanol–water partition coefficient (Wildman–Crippen LogP) is 3.11. The molecule has 1 fully saturated rings. The van der Waals surface area contributed by atoms with Crippen molar-refractivity contribution in [2.45, 2.75) is 53.2 Å². The van der Waals surface area contributed by atoms with Gasteiger partial charge in [0.05, 0.1) is 18.1 Å². The number of ether oxygens (including phenoxy) is 3. The van der Waals surface area contributed by atoms with Gasteiger partial charge in [-0.2, -0.15) is 0 Å². The van der Waals surface area contributed by atoms with Crippen LogP contribution in [-0.4, -0.2) is 24.3 Å². The molecule has 1 saturated heterocycles. The number of carbonyl (C=O) groups excluding carboxylic acids is 2. The molecular weight excluding hydrogens is 284 g/mol. The van der Waals surface area contributed by atoms with Crippen molar-refractivity contribution in [3.05, 3.63) is 23.5 Å². The first-order valence-corrected chi connectivity index (χ1v) is 7.60. The summed E-state index contributed by atoms with van der Waals surface area (Å²) in [5.41, 5.74) is 0.554. The molecule has 0 aliphatic carbocycles. The highest BCUT2D eigenvalue weighted by Gasteiger charge is 2.49. The van der Waals surface area contributed by atoms with Crippen molar-refractivity contribution in [2.24, 2.45) is 11.3 Å². The van der Waals surface area contributed by atoms with E-state index in [4.69, 9.17) is 14.2 Å². The maximum absolute atomic E-state index is 12.2. The third-order valence-corrected chi connectivity index (χ3v) is 4.51. The van der Waals surface area contributed by atoms with Crippen LogP contribution in [0.1, 0.15) is 47.5 Å². The van der Waals surface area contributed by atoms with Crippen LogP contribution in [0.5, 0.6) is 0 Å². The summed E-state index contributed by atoms with van der Waals surface area (Å²) in [5, 5.41) is 0. The van der Waals surface area contributed by atoms with Gasteiger partial charge in [-0.15, -0.1) is 0 Å². The third kappa shape index (κ3) is 3.18. The van der Waals surface area contributed by atoms with E-state index in [0.29, 0.717) is 25.2 Å². The zero-order chi connectivity index (χ0) is 16.5. The van der Waals surface area contributed by atoms with Crippen molar-refractivity contribution < 1.29 is 23.8 Å². The lowest BCUT2D eigenvalue weighted by molar-refractivity contribution is -0.206. The van der Waals surface area contributed by atoms with Gasteiger partial charge in [0, 0.05) is 26.2 Å². The van der Waals surface area contributed by atoms with E-state index >= 15 is 0 Å². The smallest absolute Gasteiger partial charge is 0.337 e. The molecule has 122 valence electrons. The van der Waals surface area contributed by atoms with Gasteiger partial charge in [0.1, 0.15) is 5.76 Å². The Morgan fingerprint density at radius 2 is 2.00 bits per heavy atom. The summed E-state index contributed by atoms with van der Waals surface area (Å²) in [4.78, 5) is 23.8. The molecule has 0 bridgehead atoms. The van der Waals surface area contributed by atoms with E-state index < -0.39 is 17.2 Å². The van der Waals surface area contributed by atoms with Crippen LogP contribution in [0, 0.1) is 11.3 Å². The summed E-state index contributed by atoms with van der Waals surface area (Å²) in [5.74, 6) is -0.937. The lowest BCUT2D eigenvalue weighted by Crippen LogP contribution is -2.35. The highest BCUT2D eigenvalue weighted by molar-refractivity contribution is 5.83. The molecular formula is C17H24O5. The van der Waals surface area contributed by atoms with Crippen molar-refractivity contribution in [3.8, 4) is 0 Å². The summed E-state index contributed by atoms with van der Waals surface area (Å²) in [6, 6.07) is 0. The zero-order valence-corrected chi connectivity index (χ0v) is 13.9. The van der Waals surface area contributed by atoms with Crippen molar-refractivity contribution in [1.82, 2.24) is 0 Å². The Morgan fingerprint density at radius 3 is 2.59 bits per heavy atom. The van der Waals surface area contributed by atoms with Crippen LogP contribution in [-0.2, 0) is 23.8 Å². The van der Waals surface area contributed by atoms with Crippen LogP contribution >= 0.6 is 0 Å². The molecule has 0 aromatic heterocycles. The second kappa shape index (κ2) is 5.78. The van der Waals surface area contributed by atoms with Gasteiger partial charge in [-0.3, -0.25) is 4.79 Å². The van der Waals surface area contributed by atoms with E-state index in [2.05, 4.69) is 0 Å². The van der Waals surface area contributed by atoms with Crippen LogP contribution < -0.4 is 0 Å². The molecule has 22 heavy (non-hydrogen) atoms. The largest absolute Gasteiger partial charge is 0.465 e. The van der Waals surface area contributed by atoms with Crippen molar-refractivity contribution in [2.75, 3.05) is 6.61 Å². The van der Waals surface area contributed by atoms with Crippen LogP contribution in [0.25, 0.3) is 0 Å². The Hall–Kier alpha value is -1.78. The first-order chi connectivity index (χ1) is 10.2. The number of allylic oxidation sites excluding steroid dienone is 2. The number of hydrogen-bond acceptors (Lipinski definition) is 5. The number of esters is 2. The third-order valence-electron chi connectivity index (χ3n) is 4.51. The van der Waals surface area contributed by atoms with Crippen LogP contribution in [0.4, 0.5) is 0 Å². The Morgan fingerprint density at radius 1 is 1.32 bits per heavy atom. The standard InChI is InChI=1S/C17H24O5/c1-6-11(2)13-10-20-15(19)17(13,5)8-7-12-9-14(18)22-16(3,4)21-12/h6,9,13H,7-8,10H2,1-5H3/b11-6-/t13-,17+/m1/s1. The average Bonchev–Trinajstić information content (AvgIpc) is 2.70. The Kier molecular flexibility index (Phi) is 4.36. The van der Waals surface area contributed by atoms with E-state index in [1.54, 1.807) is 13.8 Å². The molecule has 5 heteroatoms. The fourth-order valence-electron chi connectivity index (χ4n) is 3.04. The Bertz CT molecular complexity index is 543. The van der Waals surface area contributed by atoms with E-state index in [-0.39, 0.29) is 11.9 Å². The second-order valence-electron chi connectivity index (χ2n) is 6.63. The molecule has 0 saturated carbocycles. The number of rotatable bonds is 4. The van der Waals surface area contributed by atoms with Crippen molar-refractivity contribution in [3.63, 3.8) is 0 Å². The van der Waals surface area contributed by atoms with Crippen LogP contribution in [0.3, 0.4) is 0 Å². The number of hydrogen-bond donors (Lipinski definition) is 0. The van der Waals surface area contributed by atoms with E-state index in [1.807, 2.05) is 26.8 Å². The van der Waals surface area contributed by atoms with Crippen LogP contribution in [0.15, 0.2) is 23.5 Å². The van der Waals surface area contributed by atoms with Crippen molar-refractivity contribution >= 4 is 11.9 Å². The van der Waals surface area contributed by atoms with Crippen LogP contribution in [0.2, 0.25) is 0 Å². The minimum atomic E-state index is -0.961. The molecule has 0 aromatic carbocycles. The van der Waals surface area contributed by atoms with Crippen molar-refractivity contribution in [1.29, 1.82) is 0 Å². The van der Waals surface area contributed by atoms with E-state index in [9.17, 15) is 9.59 Å². The van der Waals surface area contributed by atoms with Gasteiger partial charge in [-0.05, 0) is 27.2 Å². The second-order valence-corrected chi connectivity index (χ2v) is 6.63. The summed E-state index contributed by atoms with van der Waals surface area (Å²) < 4.78 is 16.0. The maximum Gasteiger partial charge on any atom is 0.337 e. The minimum absolute atomic E-state index is 0.0640. The predicted molar refractivity (Wildman–Crippen MR) is 80.6 cm³/mol. The molecule has 2 atom stereocenters. The summed E-state index contributed by atoms with van der Waals surface area (Å²) in [6.07, 6.45) is 4.43. The van der Waals surface area contributed by atoms with Gasteiger partial charge >= 0.3 is 11.9 Å². The first kappa shape index (κ1) is 16.6. The molecule has 0 spiro atoms. The normalized spacial score (nSPS) is 31.2. The van der Waals surface area contributed by atoms with Gasteiger partial charge in [-0.25, -0.2) is 4.79 Å². The molecule has 0 amide bonds. The zero-order valence-electron chi connectivity index (χ0n) is 13.9. The monoisotopic (exact) mass is 308 g/mol. The summed E-state index contributed by atoms with van der Waals surface area (Å²) in [7, 11) is 0. The van der Waals surface area contributed by atoms with Gasteiger partial charge in [-0.1, -0.05) is 11.6 Å². The number of cyclic esters (lactones) is 2. The highest BCUT2D eigenvalue weighted by Crippen LogP contribution is 2.44. The quantitative estimate of drug-likeness (QED) is 0.590. The molecule has 0 unspecified atom stereocenters. The molecule has 2 rings (SSSR count). The molecule has 2 heterocycles. The number of carbonyl (C=O) groups is 2. The lowest BCUT2D eigenvalue weighted by atomic mass is 9.72. The van der Waals surface area contributed by atoms with Gasteiger partial charge in [0.2, 0.25) is 5.79 Å².